The van der Waals surface area contributed by atoms with E-state index in [4.69, 9.17) is 0 Å². The van der Waals surface area contributed by atoms with Crippen LogP contribution in [0.15, 0.2) is 24.3 Å². The molecule has 0 aliphatic rings. The number of anilines is 1. The predicted octanol–water partition coefficient (Wildman–Crippen LogP) is 2.15. The molecule has 16 heavy (non-hydrogen) atoms. The van der Waals surface area contributed by atoms with Gasteiger partial charge >= 0.3 is 0 Å². The Morgan fingerprint density at radius 1 is 1.31 bits per heavy atom. The van der Waals surface area contributed by atoms with Gasteiger partial charge in [-0.15, -0.1) is 0 Å². The second-order valence-electron chi connectivity index (χ2n) is 4.37. The van der Waals surface area contributed by atoms with E-state index in [1.165, 1.54) is 12.1 Å². The van der Waals surface area contributed by atoms with Crippen LogP contribution in [0.4, 0.5) is 10.1 Å². The number of hydrogen-bond acceptors (Lipinski definition) is 2. The summed E-state index contributed by atoms with van der Waals surface area (Å²) in [5.74, 6) is -0.403. The average molecular weight is 224 g/mol. The van der Waals surface area contributed by atoms with Gasteiger partial charge in [0.2, 0.25) is 5.91 Å². The maximum Gasteiger partial charge on any atom is 0.226 e. The van der Waals surface area contributed by atoms with Crippen molar-refractivity contribution < 1.29 is 9.18 Å². The van der Waals surface area contributed by atoms with E-state index in [2.05, 4.69) is 10.6 Å². The van der Waals surface area contributed by atoms with Gasteiger partial charge in [0.15, 0.2) is 0 Å². The molecule has 3 nitrogen and oxygen atoms in total. The Kier molecular flexibility index (Phi) is 4.01. The lowest BCUT2D eigenvalue weighted by Crippen LogP contribution is -2.39. The van der Waals surface area contributed by atoms with E-state index in [9.17, 15) is 9.18 Å². The molecule has 0 unspecified atom stereocenters. The molecule has 1 aromatic rings. The van der Waals surface area contributed by atoms with Crippen molar-refractivity contribution in [1.29, 1.82) is 0 Å². The molecule has 0 saturated carbocycles. The maximum atomic E-state index is 12.6. The normalized spacial score (nSPS) is 11.2. The van der Waals surface area contributed by atoms with E-state index < -0.39 is 0 Å². The van der Waals surface area contributed by atoms with E-state index in [1.54, 1.807) is 12.1 Å². The first-order valence-corrected chi connectivity index (χ1v) is 5.17. The highest BCUT2D eigenvalue weighted by Gasteiger charge is 2.19. The Bertz CT molecular complexity index is 360. The van der Waals surface area contributed by atoms with Crippen molar-refractivity contribution >= 4 is 11.6 Å². The summed E-state index contributed by atoms with van der Waals surface area (Å²) in [6, 6.07) is 5.72. The molecular formula is C12H17FN2O. The summed E-state index contributed by atoms with van der Waals surface area (Å²) >= 11 is 0. The number of nitrogens with one attached hydrogen (secondary N) is 2. The number of halogens is 1. The highest BCUT2D eigenvalue weighted by atomic mass is 19.1. The molecule has 0 radical (unpaired) electrons. The maximum absolute atomic E-state index is 12.6. The average Bonchev–Trinajstić information content (AvgIpc) is 2.21. The van der Waals surface area contributed by atoms with Crippen LogP contribution in [0.2, 0.25) is 0 Å². The molecule has 0 aliphatic carbocycles. The van der Waals surface area contributed by atoms with Gasteiger partial charge in [-0.3, -0.25) is 4.79 Å². The van der Waals surface area contributed by atoms with E-state index in [1.807, 2.05) is 20.9 Å². The SMILES string of the molecule is CNC(C)(C)CC(=O)Nc1ccc(F)cc1. The molecule has 1 amide bonds. The summed E-state index contributed by atoms with van der Waals surface area (Å²) in [7, 11) is 1.81. The van der Waals surface area contributed by atoms with Crippen LogP contribution in [-0.4, -0.2) is 18.5 Å². The van der Waals surface area contributed by atoms with Crippen LogP contribution in [0.5, 0.6) is 0 Å². The van der Waals surface area contributed by atoms with Crippen molar-refractivity contribution in [1.82, 2.24) is 5.32 Å². The van der Waals surface area contributed by atoms with Gasteiger partial charge in [0.1, 0.15) is 5.82 Å². The number of hydrogen-bond donors (Lipinski definition) is 2. The molecule has 0 spiro atoms. The molecule has 2 N–H and O–H groups in total. The van der Waals surface area contributed by atoms with Crippen molar-refractivity contribution in [3.8, 4) is 0 Å². The minimum absolute atomic E-state index is 0.0917. The first-order valence-electron chi connectivity index (χ1n) is 5.17. The van der Waals surface area contributed by atoms with Crippen molar-refractivity contribution in [2.75, 3.05) is 12.4 Å². The van der Waals surface area contributed by atoms with Gasteiger partial charge in [-0.1, -0.05) is 0 Å². The number of amides is 1. The third-order valence-electron chi connectivity index (χ3n) is 2.41. The standard InChI is InChI=1S/C12H17FN2O/c1-12(2,14-3)8-11(16)15-10-6-4-9(13)5-7-10/h4-7,14H,8H2,1-3H3,(H,15,16). The molecule has 0 heterocycles. The fraction of sp³-hybridized carbons (Fsp3) is 0.417. The summed E-state index contributed by atoms with van der Waals surface area (Å²) in [6.45, 7) is 3.88. The van der Waals surface area contributed by atoms with E-state index >= 15 is 0 Å². The van der Waals surface area contributed by atoms with Crippen molar-refractivity contribution in [3.63, 3.8) is 0 Å². The van der Waals surface area contributed by atoms with Crippen molar-refractivity contribution in [2.24, 2.45) is 0 Å². The fourth-order valence-corrected chi connectivity index (χ4v) is 1.23. The molecule has 1 aromatic carbocycles. The van der Waals surface area contributed by atoms with Crippen LogP contribution < -0.4 is 10.6 Å². The van der Waals surface area contributed by atoms with Crippen LogP contribution in [0, 0.1) is 5.82 Å². The smallest absolute Gasteiger partial charge is 0.226 e. The minimum atomic E-state index is -0.312. The molecule has 0 aliphatic heterocycles. The Labute approximate surface area is 95.0 Å². The van der Waals surface area contributed by atoms with Crippen molar-refractivity contribution in [3.05, 3.63) is 30.1 Å². The van der Waals surface area contributed by atoms with Gasteiger partial charge in [-0.25, -0.2) is 4.39 Å². The zero-order valence-electron chi connectivity index (χ0n) is 9.80. The van der Waals surface area contributed by atoms with Gasteiger partial charge in [0, 0.05) is 17.6 Å². The van der Waals surface area contributed by atoms with Crippen LogP contribution >= 0.6 is 0 Å². The topological polar surface area (TPSA) is 41.1 Å². The van der Waals surface area contributed by atoms with Gasteiger partial charge in [-0.2, -0.15) is 0 Å². The number of benzene rings is 1. The fourth-order valence-electron chi connectivity index (χ4n) is 1.23. The molecule has 0 aromatic heterocycles. The summed E-state index contributed by atoms with van der Waals surface area (Å²) in [4.78, 5) is 11.6. The lowest BCUT2D eigenvalue weighted by molar-refractivity contribution is -0.117. The monoisotopic (exact) mass is 224 g/mol. The van der Waals surface area contributed by atoms with Crippen molar-refractivity contribution in [2.45, 2.75) is 25.8 Å². The van der Waals surface area contributed by atoms with Gasteiger partial charge in [0.05, 0.1) is 0 Å². The van der Waals surface area contributed by atoms with E-state index in [-0.39, 0.29) is 17.3 Å². The van der Waals surface area contributed by atoms with Crippen LogP contribution in [0.3, 0.4) is 0 Å². The second-order valence-corrected chi connectivity index (χ2v) is 4.37. The van der Waals surface area contributed by atoms with Crippen LogP contribution in [0.25, 0.3) is 0 Å². The Morgan fingerprint density at radius 2 is 1.88 bits per heavy atom. The zero-order chi connectivity index (χ0) is 12.2. The third-order valence-corrected chi connectivity index (χ3v) is 2.41. The number of rotatable bonds is 4. The summed E-state index contributed by atoms with van der Waals surface area (Å²) in [5, 5.41) is 5.76. The van der Waals surface area contributed by atoms with Gasteiger partial charge in [-0.05, 0) is 45.2 Å². The first kappa shape index (κ1) is 12.6. The van der Waals surface area contributed by atoms with Crippen LogP contribution in [-0.2, 0) is 4.79 Å². The van der Waals surface area contributed by atoms with E-state index in [0.717, 1.165) is 0 Å². The Balaban J connectivity index is 2.55. The summed E-state index contributed by atoms with van der Waals surface area (Å²) in [6.07, 6.45) is 0.362. The molecule has 0 atom stereocenters. The predicted molar refractivity (Wildman–Crippen MR) is 62.8 cm³/mol. The molecule has 0 fully saturated rings. The number of carbonyl (C=O) groups is 1. The third kappa shape index (κ3) is 3.98. The zero-order valence-corrected chi connectivity index (χ0v) is 9.80. The summed E-state index contributed by atoms with van der Waals surface area (Å²) in [5.41, 5.74) is 0.364. The highest BCUT2D eigenvalue weighted by Crippen LogP contribution is 2.12. The minimum Gasteiger partial charge on any atom is -0.326 e. The Hall–Kier alpha value is -1.42. The molecule has 0 saturated heterocycles. The lowest BCUT2D eigenvalue weighted by atomic mass is 10.0. The first-order chi connectivity index (χ1) is 7.43. The Morgan fingerprint density at radius 3 is 2.38 bits per heavy atom. The molecular weight excluding hydrogens is 207 g/mol. The molecule has 4 heteroatoms. The van der Waals surface area contributed by atoms with Gasteiger partial charge in [0.25, 0.3) is 0 Å². The second kappa shape index (κ2) is 5.07. The highest BCUT2D eigenvalue weighted by molar-refractivity contribution is 5.91. The molecule has 88 valence electrons. The lowest BCUT2D eigenvalue weighted by Gasteiger charge is -2.23. The number of carbonyl (C=O) groups excluding carboxylic acids is 1. The van der Waals surface area contributed by atoms with Crippen LogP contribution in [0.1, 0.15) is 20.3 Å². The quantitative estimate of drug-likeness (QED) is 0.822. The molecule has 0 bridgehead atoms. The van der Waals surface area contributed by atoms with E-state index in [0.29, 0.717) is 12.1 Å². The molecule has 1 rings (SSSR count). The largest absolute Gasteiger partial charge is 0.326 e. The summed E-state index contributed by atoms with van der Waals surface area (Å²) < 4.78 is 12.6. The van der Waals surface area contributed by atoms with Gasteiger partial charge < -0.3 is 10.6 Å².